The number of thioether (sulfide) groups is 1. The molecule has 0 aromatic heterocycles. The normalized spacial score (nSPS) is 17.4. The predicted octanol–water partition coefficient (Wildman–Crippen LogP) is 2.86. The number of hydrogen-bond acceptors (Lipinski definition) is 4. The van der Waals surface area contributed by atoms with Crippen LogP contribution in [0, 0.1) is 5.92 Å². The lowest BCUT2D eigenvalue weighted by atomic mass is 9.98. The van der Waals surface area contributed by atoms with Crippen LogP contribution in [0.5, 0.6) is 0 Å². The summed E-state index contributed by atoms with van der Waals surface area (Å²) >= 11 is 1.81. The van der Waals surface area contributed by atoms with Gasteiger partial charge in [-0.3, -0.25) is 4.99 Å². The third-order valence-corrected chi connectivity index (χ3v) is 6.45. The Morgan fingerprint density at radius 3 is 2.37 bits per heavy atom. The maximum absolute atomic E-state index is 12.6. The molecule has 1 fully saturated rings. The van der Waals surface area contributed by atoms with Crippen molar-refractivity contribution in [1.29, 1.82) is 0 Å². The number of piperidine rings is 1. The summed E-state index contributed by atoms with van der Waals surface area (Å²) in [6, 6.07) is 0. The van der Waals surface area contributed by atoms with Crippen LogP contribution in [0.1, 0.15) is 32.6 Å². The molecule has 0 spiro atoms. The van der Waals surface area contributed by atoms with Gasteiger partial charge in [0, 0.05) is 32.7 Å². The number of unbranched alkanes of at least 4 members (excludes halogenated alkanes) is 1. The maximum atomic E-state index is 12.6. The van der Waals surface area contributed by atoms with Crippen LogP contribution < -0.4 is 10.6 Å². The Morgan fingerprint density at radius 2 is 1.85 bits per heavy atom. The molecule has 0 aromatic carbocycles. The minimum atomic E-state index is -5.23. The highest BCUT2D eigenvalue weighted by Crippen LogP contribution is 2.30. The molecule has 12 heteroatoms. The SMILES string of the molecule is CCNC(=NCC1CCN(S(=O)(=O)C(F)(F)F)CC1)NCCCCSC.I. The van der Waals surface area contributed by atoms with Crippen LogP contribution in [0.25, 0.3) is 0 Å². The molecule has 1 saturated heterocycles. The summed E-state index contributed by atoms with van der Waals surface area (Å²) in [4.78, 5) is 4.49. The molecule has 0 amide bonds. The van der Waals surface area contributed by atoms with E-state index in [1.165, 1.54) is 0 Å². The van der Waals surface area contributed by atoms with Crippen molar-refractivity contribution in [3.05, 3.63) is 0 Å². The Balaban J connectivity index is 0.00000676. The lowest BCUT2D eigenvalue weighted by Gasteiger charge is -2.30. The largest absolute Gasteiger partial charge is 0.511 e. The summed E-state index contributed by atoms with van der Waals surface area (Å²) in [5.41, 5.74) is -5.23. The summed E-state index contributed by atoms with van der Waals surface area (Å²) in [6.45, 7) is 3.75. The zero-order valence-electron chi connectivity index (χ0n) is 15.7. The molecule has 6 nitrogen and oxygen atoms in total. The van der Waals surface area contributed by atoms with Crippen molar-refractivity contribution in [2.45, 2.75) is 38.1 Å². The molecule has 1 rings (SSSR count). The molecule has 0 aliphatic carbocycles. The van der Waals surface area contributed by atoms with Crippen LogP contribution in [0.2, 0.25) is 0 Å². The van der Waals surface area contributed by atoms with Gasteiger partial charge in [0.1, 0.15) is 0 Å². The van der Waals surface area contributed by atoms with Gasteiger partial charge in [0.25, 0.3) is 0 Å². The van der Waals surface area contributed by atoms with E-state index >= 15 is 0 Å². The Bertz CT molecular complexity index is 540. The first kappa shape index (κ1) is 27.0. The van der Waals surface area contributed by atoms with Crippen molar-refractivity contribution in [3.63, 3.8) is 0 Å². The van der Waals surface area contributed by atoms with Gasteiger partial charge in [-0.2, -0.15) is 29.2 Å². The molecular formula is C15H30F3IN4O2S2. The summed E-state index contributed by atoms with van der Waals surface area (Å²) < 4.78 is 61.1. The second-order valence-corrected chi connectivity index (χ2v) is 9.05. The molecule has 27 heavy (non-hydrogen) atoms. The summed E-state index contributed by atoms with van der Waals surface area (Å²) in [5, 5.41) is 6.39. The van der Waals surface area contributed by atoms with Gasteiger partial charge in [-0.25, -0.2) is 8.42 Å². The zero-order valence-corrected chi connectivity index (χ0v) is 19.7. The van der Waals surface area contributed by atoms with Gasteiger partial charge >= 0.3 is 15.5 Å². The highest BCUT2D eigenvalue weighted by molar-refractivity contribution is 14.0. The van der Waals surface area contributed by atoms with Gasteiger partial charge < -0.3 is 10.6 Å². The molecule has 0 unspecified atom stereocenters. The average Bonchev–Trinajstić information content (AvgIpc) is 2.58. The maximum Gasteiger partial charge on any atom is 0.511 e. The van der Waals surface area contributed by atoms with Crippen LogP contribution in [0.15, 0.2) is 4.99 Å². The standard InChI is InChI=1S/C15H29F3N4O2S2.HI/c1-3-19-14(20-8-4-5-11-25-2)21-12-13-6-9-22(10-7-13)26(23,24)15(16,17)18;/h13H,3-12H2,1-2H3,(H2,19,20,21);1H. The quantitative estimate of drug-likeness (QED) is 0.202. The van der Waals surface area contributed by atoms with Gasteiger partial charge in [0.2, 0.25) is 0 Å². The Morgan fingerprint density at radius 1 is 1.22 bits per heavy atom. The molecule has 0 saturated carbocycles. The fourth-order valence-electron chi connectivity index (χ4n) is 2.62. The number of hydrogen-bond donors (Lipinski definition) is 2. The average molecular weight is 546 g/mol. The number of nitrogens with zero attached hydrogens (tertiary/aromatic N) is 2. The molecule has 2 N–H and O–H groups in total. The second kappa shape index (κ2) is 13.3. The van der Waals surface area contributed by atoms with E-state index in [1.807, 2.05) is 18.7 Å². The zero-order chi connectivity index (χ0) is 19.6. The van der Waals surface area contributed by atoms with Gasteiger partial charge in [-0.1, -0.05) is 0 Å². The first-order chi connectivity index (χ1) is 12.2. The Labute approximate surface area is 181 Å². The van der Waals surface area contributed by atoms with Crippen LogP contribution in [0.4, 0.5) is 13.2 Å². The van der Waals surface area contributed by atoms with Crippen molar-refractivity contribution in [2.75, 3.05) is 44.7 Å². The fraction of sp³-hybridized carbons (Fsp3) is 0.933. The monoisotopic (exact) mass is 546 g/mol. The molecule has 1 aliphatic heterocycles. The van der Waals surface area contributed by atoms with Gasteiger partial charge in [0.15, 0.2) is 5.96 Å². The number of nitrogens with one attached hydrogen (secondary N) is 2. The lowest BCUT2D eigenvalue weighted by Crippen LogP contribution is -2.45. The van der Waals surface area contributed by atoms with Crippen molar-refractivity contribution >= 4 is 51.7 Å². The summed E-state index contributed by atoms with van der Waals surface area (Å²) in [7, 11) is -5.21. The van der Waals surface area contributed by atoms with Crippen LogP contribution in [-0.4, -0.2) is 68.9 Å². The fourth-order valence-corrected chi connectivity index (χ4v) is 4.10. The van der Waals surface area contributed by atoms with E-state index in [1.54, 1.807) is 0 Å². The number of alkyl halides is 3. The third kappa shape index (κ3) is 9.39. The van der Waals surface area contributed by atoms with E-state index in [9.17, 15) is 21.6 Å². The first-order valence-electron chi connectivity index (χ1n) is 8.80. The van der Waals surface area contributed by atoms with Crippen molar-refractivity contribution < 1.29 is 21.6 Å². The van der Waals surface area contributed by atoms with Gasteiger partial charge in [-0.05, 0) is 50.5 Å². The molecule has 162 valence electrons. The summed E-state index contributed by atoms with van der Waals surface area (Å²) in [5.74, 6) is 1.90. The highest BCUT2D eigenvalue weighted by atomic mass is 127. The van der Waals surface area contributed by atoms with Crippen molar-refractivity contribution in [1.82, 2.24) is 14.9 Å². The Hall–Kier alpha value is 0.0500. The van der Waals surface area contributed by atoms with Gasteiger partial charge in [-0.15, -0.1) is 24.0 Å². The van der Waals surface area contributed by atoms with E-state index < -0.39 is 15.5 Å². The topological polar surface area (TPSA) is 73.8 Å². The molecule has 0 atom stereocenters. The van der Waals surface area contributed by atoms with E-state index in [0.717, 1.165) is 31.7 Å². The summed E-state index contributed by atoms with van der Waals surface area (Å²) in [6.07, 6.45) is 5.00. The highest BCUT2D eigenvalue weighted by Gasteiger charge is 2.50. The van der Waals surface area contributed by atoms with Crippen molar-refractivity contribution in [2.24, 2.45) is 10.9 Å². The van der Waals surface area contributed by atoms with Gasteiger partial charge in [0.05, 0.1) is 0 Å². The van der Waals surface area contributed by atoms with E-state index in [-0.39, 0.29) is 43.0 Å². The number of sulfonamides is 1. The minimum Gasteiger partial charge on any atom is -0.357 e. The van der Waals surface area contributed by atoms with Crippen LogP contribution in [0.3, 0.4) is 0 Å². The third-order valence-electron chi connectivity index (χ3n) is 4.13. The van der Waals surface area contributed by atoms with Crippen LogP contribution in [-0.2, 0) is 10.0 Å². The van der Waals surface area contributed by atoms with Crippen molar-refractivity contribution in [3.8, 4) is 0 Å². The van der Waals surface area contributed by atoms with E-state index in [2.05, 4.69) is 21.9 Å². The number of guanidine groups is 1. The molecule has 0 aromatic rings. The lowest BCUT2D eigenvalue weighted by molar-refractivity contribution is -0.0496. The van der Waals surface area contributed by atoms with E-state index in [0.29, 0.717) is 29.7 Å². The Kier molecular flexibility index (Phi) is 13.3. The minimum absolute atomic E-state index is 0. The number of aliphatic imine (C=N–C) groups is 1. The predicted molar refractivity (Wildman–Crippen MR) is 116 cm³/mol. The van der Waals surface area contributed by atoms with Crippen LogP contribution >= 0.6 is 35.7 Å². The smallest absolute Gasteiger partial charge is 0.357 e. The molecule has 0 radical (unpaired) electrons. The molecular weight excluding hydrogens is 516 g/mol. The number of rotatable bonds is 9. The second-order valence-electron chi connectivity index (χ2n) is 6.14. The molecule has 1 heterocycles. The molecule has 0 bridgehead atoms. The van der Waals surface area contributed by atoms with E-state index in [4.69, 9.17) is 0 Å². The number of halogens is 4. The first-order valence-corrected chi connectivity index (χ1v) is 11.6. The molecule has 1 aliphatic rings.